The molecule has 7 heteroatoms. The molecule has 1 aromatic heterocycles. The second kappa shape index (κ2) is 7.78. The maximum Gasteiger partial charge on any atom is 0.247 e. The quantitative estimate of drug-likeness (QED) is 0.457. The number of aromatic nitrogens is 2. The zero-order valence-electron chi connectivity index (χ0n) is 14.4. The molecule has 0 bridgehead atoms. The fourth-order valence-electron chi connectivity index (χ4n) is 2.75. The van der Waals surface area contributed by atoms with E-state index < -0.39 is 11.9 Å². The SMILES string of the molecule is Fc1ccc([C@@H](Nc2ccc(F)cc2Cl)c2nnc(-c3ccccc3)o2)cc1. The third-order valence-corrected chi connectivity index (χ3v) is 4.46. The molecule has 4 aromatic rings. The normalized spacial score (nSPS) is 12.0. The Morgan fingerprint density at radius 3 is 2.29 bits per heavy atom. The van der Waals surface area contributed by atoms with Crippen LogP contribution in [0.2, 0.25) is 5.02 Å². The predicted molar refractivity (Wildman–Crippen MR) is 103 cm³/mol. The number of halogens is 3. The van der Waals surface area contributed by atoms with Gasteiger partial charge in [-0.1, -0.05) is 41.9 Å². The molecule has 4 rings (SSSR count). The maximum atomic E-state index is 13.4. The minimum atomic E-state index is -0.603. The van der Waals surface area contributed by atoms with Crippen molar-refractivity contribution in [1.82, 2.24) is 10.2 Å². The van der Waals surface area contributed by atoms with Crippen molar-refractivity contribution in [1.29, 1.82) is 0 Å². The van der Waals surface area contributed by atoms with Crippen LogP contribution in [0.3, 0.4) is 0 Å². The van der Waals surface area contributed by atoms with Gasteiger partial charge in [-0.3, -0.25) is 0 Å². The number of nitrogens with zero attached hydrogens (tertiary/aromatic N) is 2. The van der Waals surface area contributed by atoms with E-state index in [1.807, 2.05) is 30.3 Å². The van der Waals surface area contributed by atoms with Gasteiger partial charge in [-0.05, 0) is 48.0 Å². The van der Waals surface area contributed by atoms with Crippen LogP contribution in [0.1, 0.15) is 17.5 Å². The van der Waals surface area contributed by atoms with Crippen molar-refractivity contribution in [3.05, 3.63) is 101 Å². The highest BCUT2D eigenvalue weighted by molar-refractivity contribution is 6.33. The number of anilines is 1. The standard InChI is InChI=1S/C21H14ClF2N3O/c22-17-12-16(24)10-11-18(17)25-19(13-6-8-15(23)9-7-13)21-27-26-20(28-21)14-4-2-1-3-5-14/h1-12,19,25H/t19-/m1/s1. The van der Waals surface area contributed by atoms with Gasteiger partial charge >= 0.3 is 0 Å². The molecule has 1 atom stereocenters. The summed E-state index contributed by atoms with van der Waals surface area (Å²) in [5.74, 6) is -0.184. The molecule has 0 unspecified atom stereocenters. The van der Waals surface area contributed by atoms with E-state index in [4.69, 9.17) is 16.0 Å². The molecular formula is C21H14ClF2N3O. The highest BCUT2D eigenvalue weighted by Gasteiger charge is 2.22. The van der Waals surface area contributed by atoms with Gasteiger partial charge in [-0.15, -0.1) is 10.2 Å². The van der Waals surface area contributed by atoms with Crippen molar-refractivity contribution < 1.29 is 13.2 Å². The fourth-order valence-corrected chi connectivity index (χ4v) is 2.98. The highest BCUT2D eigenvalue weighted by Crippen LogP contribution is 2.31. The van der Waals surface area contributed by atoms with E-state index in [0.29, 0.717) is 17.1 Å². The van der Waals surface area contributed by atoms with Crippen LogP contribution in [0.15, 0.2) is 77.2 Å². The predicted octanol–water partition coefficient (Wildman–Crippen LogP) is 5.87. The summed E-state index contributed by atoms with van der Waals surface area (Å²) in [6.45, 7) is 0. The van der Waals surface area contributed by atoms with Gasteiger partial charge in [0, 0.05) is 5.56 Å². The molecule has 140 valence electrons. The van der Waals surface area contributed by atoms with Gasteiger partial charge < -0.3 is 9.73 Å². The first-order valence-corrected chi connectivity index (χ1v) is 8.84. The van der Waals surface area contributed by atoms with Crippen LogP contribution in [0.4, 0.5) is 14.5 Å². The molecule has 0 fully saturated rings. The van der Waals surface area contributed by atoms with Crippen LogP contribution < -0.4 is 5.32 Å². The zero-order chi connectivity index (χ0) is 19.5. The Balaban J connectivity index is 1.73. The van der Waals surface area contributed by atoms with Crippen LogP contribution in [0.25, 0.3) is 11.5 Å². The first-order chi connectivity index (χ1) is 13.6. The van der Waals surface area contributed by atoms with Crippen molar-refractivity contribution in [2.45, 2.75) is 6.04 Å². The molecule has 0 spiro atoms. The Bertz CT molecular complexity index is 1080. The maximum absolute atomic E-state index is 13.4. The summed E-state index contributed by atoms with van der Waals surface area (Å²) < 4.78 is 32.6. The van der Waals surface area contributed by atoms with Crippen molar-refractivity contribution in [3.8, 4) is 11.5 Å². The van der Waals surface area contributed by atoms with E-state index in [2.05, 4.69) is 15.5 Å². The van der Waals surface area contributed by atoms with Gasteiger partial charge in [0.05, 0.1) is 10.7 Å². The van der Waals surface area contributed by atoms with Gasteiger partial charge in [0.15, 0.2) is 0 Å². The van der Waals surface area contributed by atoms with Crippen molar-refractivity contribution >= 4 is 17.3 Å². The van der Waals surface area contributed by atoms with E-state index in [1.54, 1.807) is 12.1 Å². The molecule has 0 radical (unpaired) electrons. The van der Waals surface area contributed by atoms with Crippen LogP contribution in [0, 0.1) is 11.6 Å². The van der Waals surface area contributed by atoms with Crippen LogP contribution in [-0.4, -0.2) is 10.2 Å². The summed E-state index contributed by atoms with van der Waals surface area (Å²) >= 11 is 6.15. The lowest BCUT2D eigenvalue weighted by atomic mass is 10.1. The van der Waals surface area contributed by atoms with E-state index in [9.17, 15) is 8.78 Å². The molecular weight excluding hydrogens is 384 g/mol. The molecule has 0 saturated heterocycles. The second-order valence-corrected chi connectivity index (χ2v) is 6.47. The summed E-state index contributed by atoms with van der Waals surface area (Å²) in [6, 6.07) is 18.6. The Hall–Kier alpha value is -3.25. The first kappa shape index (κ1) is 18.1. The molecule has 0 saturated carbocycles. The van der Waals surface area contributed by atoms with Gasteiger partial charge in [0.25, 0.3) is 0 Å². The second-order valence-electron chi connectivity index (χ2n) is 6.06. The third kappa shape index (κ3) is 3.87. The fraction of sp³-hybridized carbons (Fsp3) is 0.0476. The third-order valence-electron chi connectivity index (χ3n) is 4.14. The lowest BCUT2D eigenvalue weighted by Crippen LogP contribution is -2.13. The lowest BCUT2D eigenvalue weighted by Gasteiger charge is -2.18. The Kier molecular flexibility index (Phi) is 5.04. The topological polar surface area (TPSA) is 51.0 Å². The smallest absolute Gasteiger partial charge is 0.247 e. The Morgan fingerprint density at radius 1 is 0.857 bits per heavy atom. The molecule has 0 aliphatic carbocycles. The van der Waals surface area contributed by atoms with Gasteiger partial charge in [0.2, 0.25) is 11.8 Å². The highest BCUT2D eigenvalue weighted by atomic mass is 35.5. The van der Waals surface area contributed by atoms with Crippen molar-refractivity contribution in [2.24, 2.45) is 0 Å². The van der Waals surface area contributed by atoms with Gasteiger partial charge in [-0.25, -0.2) is 8.78 Å². The molecule has 1 heterocycles. The largest absolute Gasteiger partial charge is 0.418 e. The number of rotatable bonds is 5. The molecule has 0 aliphatic rings. The number of hydrogen-bond acceptors (Lipinski definition) is 4. The molecule has 4 nitrogen and oxygen atoms in total. The zero-order valence-corrected chi connectivity index (χ0v) is 15.2. The van der Waals surface area contributed by atoms with E-state index >= 15 is 0 Å². The van der Waals surface area contributed by atoms with Gasteiger partial charge in [-0.2, -0.15) is 0 Å². The first-order valence-electron chi connectivity index (χ1n) is 8.46. The minimum Gasteiger partial charge on any atom is -0.418 e. The summed E-state index contributed by atoms with van der Waals surface area (Å²) in [7, 11) is 0. The van der Waals surface area contributed by atoms with Crippen LogP contribution in [0.5, 0.6) is 0 Å². The van der Waals surface area contributed by atoms with Gasteiger partial charge in [0.1, 0.15) is 17.7 Å². The van der Waals surface area contributed by atoms with Crippen molar-refractivity contribution in [2.75, 3.05) is 5.32 Å². The van der Waals surface area contributed by atoms with Crippen molar-refractivity contribution in [3.63, 3.8) is 0 Å². The summed E-state index contributed by atoms with van der Waals surface area (Å²) in [4.78, 5) is 0. The van der Waals surface area contributed by atoms with E-state index in [-0.39, 0.29) is 16.7 Å². The number of benzene rings is 3. The Labute approximate surface area is 164 Å². The average Bonchev–Trinajstić information content (AvgIpc) is 3.19. The monoisotopic (exact) mass is 397 g/mol. The van der Waals surface area contributed by atoms with E-state index in [1.165, 1.54) is 30.3 Å². The lowest BCUT2D eigenvalue weighted by molar-refractivity contribution is 0.493. The summed E-state index contributed by atoms with van der Waals surface area (Å²) in [5, 5.41) is 11.6. The van der Waals surface area contributed by atoms with Crippen LogP contribution >= 0.6 is 11.6 Å². The number of hydrogen-bond donors (Lipinski definition) is 1. The minimum absolute atomic E-state index is 0.204. The molecule has 28 heavy (non-hydrogen) atoms. The van der Waals surface area contributed by atoms with Crippen LogP contribution in [-0.2, 0) is 0 Å². The molecule has 3 aromatic carbocycles. The molecule has 0 amide bonds. The molecule has 0 aliphatic heterocycles. The summed E-state index contributed by atoms with van der Waals surface area (Å²) in [6.07, 6.45) is 0. The molecule has 1 N–H and O–H groups in total. The Morgan fingerprint density at radius 2 is 1.57 bits per heavy atom. The average molecular weight is 398 g/mol. The summed E-state index contributed by atoms with van der Waals surface area (Å²) in [5.41, 5.74) is 1.95. The number of nitrogens with one attached hydrogen (secondary N) is 1. The van der Waals surface area contributed by atoms with E-state index in [0.717, 1.165) is 5.56 Å².